The normalized spacial score (nSPS) is 10.6. The molecule has 21 heavy (non-hydrogen) atoms. The van der Waals surface area contributed by atoms with Gasteiger partial charge >= 0.3 is 0 Å². The fourth-order valence-electron chi connectivity index (χ4n) is 2.15. The van der Waals surface area contributed by atoms with E-state index in [2.05, 4.69) is 10.4 Å². The van der Waals surface area contributed by atoms with Crippen LogP contribution in [0.15, 0.2) is 24.3 Å². The summed E-state index contributed by atoms with van der Waals surface area (Å²) in [6.45, 7) is 4.61. The second kappa shape index (κ2) is 6.39. The number of nitrogens with zero attached hydrogens (tertiary/aromatic N) is 2. The molecule has 3 N–H and O–H groups in total. The predicted octanol–water partition coefficient (Wildman–Crippen LogP) is 2.64. The molecule has 0 fully saturated rings. The molecule has 1 amide bonds. The van der Waals surface area contributed by atoms with E-state index in [1.165, 1.54) is 18.2 Å². The van der Waals surface area contributed by atoms with Crippen LogP contribution in [0, 0.1) is 19.7 Å². The quantitative estimate of drug-likeness (QED) is 0.831. The lowest BCUT2D eigenvalue weighted by molar-refractivity contribution is -0.116. The van der Waals surface area contributed by atoms with Crippen LogP contribution in [0.5, 0.6) is 0 Å². The Morgan fingerprint density at radius 1 is 1.38 bits per heavy atom. The number of carbonyl (C=O) groups is 1. The van der Waals surface area contributed by atoms with Crippen molar-refractivity contribution in [2.45, 2.75) is 33.2 Å². The summed E-state index contributed by atoms with van der Waals surface area (Å²) in [5.41, 5.74) is 8.35. The molecule has 0 bridgehead atoms. The number of nitrogens with two attached hydrogens (primary N) is 1. The first-order valence-electron chi connectivity index (χ1n) is 6.81. The van der Waals surface area contributed by atoms with Gasteiger partial charge in [0, 0.05) is 18.7 Å². The molecule has 0 saturated carbocycles. The van der Waals surface area contributed by atoms with Crippen LogP contribution in [0.2, 0.25) is 0 Å². The van der Waals surface area contributed by atoms with Gasteiger partial charge in [-0.2, -0.15) is 5.10 Å². The van der Waals surface area contributed by atoms with E-state index in [1.54, 1.807) is 0 Å². The van der Waals surface area contributed by atoms with Crippen LogP contribution in [-0.4, -0.2) is 15.7 Å². The maximum atomic E-state index is 12.9. The van der Waals surface area contributed by atoms with Crippen LogP contribution in [0.1, 0.15) is 24.2 Å². The fourth-order valence-corrected chi connectivity index (χ4v) is 2.15. The van der Waals surface area contributed by atoms with Crippen molar-refractivity contribution < 1.29 is 9.18 Å². The maximum absolute atomic E-state index is 12.9. The Hall–Kier alpha value is -2.37. The van der Waals surface area contributed by atoms with Gasteiger partial charge in [0.1, 0.15) is 5.82 Å². The summed E-state index contributed by atoms with van der Waals surface area (Å²) < 4.78 is 14.8. The molecule has 0 unspecified atom stereocenters. The van der Waals surface area contributed by atoms with Crippen molar-refractivity contribution in [2.75, 3.05) is 11.1 Å². The number of amides is 1. The third-order valence-electron chi connectivity index (χ3n) is 3.16. The zero-order valence-electron chi connectivity index (χ0n) is 12.2. The molecule has 6 heteroatoms. The summed E-state index contributed by atoms with van der Waals surface area (Å²) in [4.78, 5) is 11.8. The van der Waals surface area contributed by atoms with Crippen molar-refractivity contribution >= 4 is 17.3 Å². The van der Waals surface area contributed by atoms with Crippen LogP contribution in [0.4, 0.5) is 15.8 Å². The Balaban J connectivity index is 1.83. The zero-order chi connectivity index (χ0) is 15.4. The summed E-state index contributed by atoms with van der Waals surface area (Å²) in [6.07, 6.45) is 1.03. The molecule has 2 rings (SSSR count). The highest BCUT2D eigenvalue weighted by molar-refractivity contribution is 5.93. The monoisotopic (exact) mass is 290 g/mol. The highest BCUT2D eigenvalue weighted by Crippen LogP contribution is 2.19. The number of anilines is 2. The van der Waals surface area contributed by atoms with Crippen LogP contribution in [-0.2, 0) is 11.3 Å². The Morgan fingerprint density at radius 2 is 2.14 bits per heavy atom. The topological polar surface area (TPSA) is 72.9 Å². The molecule has 0 aliphatic carbocycles. The minimum absolute atomic E-state index is 0.144. The first-order chi connectivity index (χ1) is 9.95. The van der Waals surface area contributed by atoms with Crippen LogP contribution in [0.25, 0.3) is 0 Å². The summed E-state index contributed by atoms with van der Waals surface area (Å²) in [6, 6.07) is 5.91. The Bertz CT molecular complexity index is 651. The van der Waals surface area contributed by atoms with Gasteiger partial charge in [-0.25, -0.2) is 4.39 Å². The molecule has 0 aliphatic rings. The molecule has 2 aromatic rings. The molecule has 5 nitrogen and oxygen atoms in total. The van der Waals surface area contributed by atoms with Crippen molar-refractivity contribution in [3.05, 3.63) is 41.5 Å². The van der Waals surface area contributed by atoms with Gasteiger partial charge in [0.05, 0.1) is 17.1 Å². The van der Waals surface area contributed by atoms with Gasteiger partial charge in [-0.1, -0.05) is 0 Å². The summed E-state index contributed by atoms with van der Waals surface area (Å²) in [7, 11) is 0. The summed E-state index contributed by atoms with van der Waals surface area (Å²) >= 11 is 0. The van der Waals surface area contributed by atoms with Crippen molar-refractivity contribution in [3.8, 4) is 0 Å². The Morgan fingerprint density at radius 3 is 2.76 bits per heavy atom. The van der Waals surface area contributed by atoms with Crippen LogP contribution in [0.3, 0.4) is 0 Å². The van der Waals surface area contributed by atoms with E-state index in [-0.39, 0.29) is 11.6 Å². The minimum atomic E-state index is -0.421. The van der Waals surface area contributed by atoms with Gasteiger partial charge in [-0.3, -0.25) is 9.48 Å². The first-order valence-corrected chi connectivity index (χ1v) is 6.81. The van der Waals surface area contributed by atoms with E-state index in [4.69, 9.17) is 5.73 Å². The third kappa shape index (κ3) is 4.05. The van der Waals surface area contributed by atoms with Gasteiger partial charge in [0.15, 0.2) is 0 Å². The molecule has 0 radical (unpaired) electrons. The van der Waals surface area contributed by atoms with Crippen molar-refractivity contribution in [3.63, 3.8) is 0 Å². The number of hydrogen-bond acceptors (Lipinski definition) is 3. The number of hydrogen-bond donors (Lipinski definition) is 2. The summed E-state index contributed by atoms with van der Waals surface area (Å²) in [5, 5.41) is 7.02. The van der Waals surface area contributed by atoms with Crippen LogP contribution < -0.4 is 11.1 Å². The number of halogens is 1. The molecule has 0 saturated heterocycles. The maximum Gasteiger partial charge on any atom is 0.224 e. The van der Waals surface area contributed by atoms with E-state index in [0.717, 1.165) is 11.4 Å². The van der Waals surface area contributed by atoms with E-state index in [1.807, 2.05) is 24.6 Å². The van der Waals surface area contributed by atoms with Gasteiger partial charge in [0.25, 0.3) is 0 Å². The second-order valence-corrected chi connectivity index (χ2v) is 5.03. The molecule has 1 heterocycles. The molecule has 1 aromatic heterocycles. The number of aryl methyl sites for hydroxylation is 3. The van der Waals surface area contributed by atoms with Crippen molar-refractivity contribution in [1.29, 1.82) is 0 Å². The zero-order valence-corrected chi connectivity index (χ0v) is 12.2. The first kappa shape index (κ1) is 15.0. The Labute approximate surface area is 123 Å². The number of nitrogens with one attached hydrogen (secondary N) is 1. The molecular formula is C15H19FN4O. The SMILES string of the molecule is Cc1cc(C)n(CCCC(=O)Nc2ccc(F)cc2N)n1. The average molecular weight is 290 g/mol. The van der Waals surface area contributed by atoms with E-state index in [9.17, 15) is 9.18 Å². The van der Waals surface area contributed by atoms with Gasteiger partial charge in [-0.15, -0.1) is 0 Å². The molecular weight excluding hydrogens is 271 g/mol. The third-order valence-corrected chi connectivity index (χ3v) is 3.16. The van der Waals surface area contributed by atoms with E-state index in [0.29, 0.717) is 25.1 Å². The molecule has 0 spiro atoms. The lowest BCUT2D eigenvalue weighted by atomic mass is 10.2. The van der Waals surface area contributed by atoms with E-state index >= 15 is 0 Å². The second-order valence-electron chi connectivity index (χ2n) is 5.03. The van der Waals surface area contributed by atoms with Crippen molar-refractivity contribution in [2.24, 2.45) is 0 Å². The van der Waals surface area contributed by atoms with Crippen LogP contribution >= 0.6 is 0 Å². The van der Waals surface area contributed by atoms with Crippen molar-refractivity contribution in [1.82, 2.24) is 9.78 Å². The molecule has 0 aliphatic heterocycles. The highest BCUT2D eigenvalue weighted by Gasteiger charge is 2.07. The van der Waals surface area contributed by atoms with Gasteiger partial charge < -0.3 is 11.1 Å². The lowest BCUT2D eigenvalue weighted by Crippen LogP contribution is -2.14. The molecule has 1 aromatic carbocycles. The summed E-state index contributed by atoms with van der Waals surface area (Å²) in [5.74, 6) is -0.565. The largest absolute Gasteiger partial charge is 0.397 e. The molecule has 0 atom stereocenters. The van der Waals surface area contributed by atoms with Gasteiger partial charge in [0.2, 0.25) is 5.91 Å². The fraction of sp³-hybridized carbons (Fsp3) is 0.333. The number of rotatable bonds is 5. The minimum Gasteiger partial charge on any atom is -0.397 e. The highest BCUT2D eigenvalue weighted by atomic mass is 19.1. The smallest absolute Gasteiger partial charge is 0.224 e. The Kier molecular flexibility index (Phi) is 4.57. The number of aromatic nitrogens is 2. The number of nitrogen functional groups attached to an aromatic ring is 1. The molecule has 112 valence electrons. The van der Waals surface area contributed by atoms with Gasteiger partial charge in [-0.05, 0) is 44.5 Å². The average Bonchev–Trinajstić information content (AvgIpc) is 2.71. The lowest BCUT2D eigenvalue weighted by Gasteiger charge is -2.08. The number of benzene rings is 1. The standard InChI is InChI=1S/C15H19FN4O/c1-10-8-11(2)20(19-10)7-3-4-15(21)18-14-6-5-12(16)9-13(14)17/h5-6,8-9H,3-4,7,17H2,1-2H3,(H,18,21). The number of carbonyl (C=O) groups excluding carboxylic acids is 1. The predicted molar refractivity (Wildman–Crippen MR) is 80.4 cm³/mol. The van der Waals surface area contributed by atoms with E-state index < -0.39 is 5.82 Å².